The molecule has 0 aliphatic carbocycles. The van der Waals surface area contributed by atoms with Gasteiger partial charge < -0.3 is 9.88 Å². The molecule has 0 bridgehead atoms. The molecular weight excluding hydrogens is 316 g/mol. The summed E-state index contributed by atoms with van der Waals surface area (Å²) in [4.78, 5) is 21.4. The van der Waals surface area contributed by atoms with Crippen LogP contribution in [0.4, 0.5) is 0 Å². The van der Waals surface area contributed by atoms with Crippen molar-refractivity contribution in [1.82, 2.24) is 29.6 Å². The molecule has 0 aliphatic heterocycles. The zero-order valence-electron chi connectivity index (χ0n) is 14.8. The van der Waals surface area contributed by atoms with Crippen molar-refractivity contribution in [1.29, 1.82) is 0 Å². The molecule has 3 aromatic heterocycles. The summed E-state index contributed by atoms with van der Waals surface area (Å²) < 4.78 is 3.62. The quantitative estimate of drug-likeness (QED) is 0.776. The summed E-state index contributed by atoms with van der Waals surface area (Å²) in [6.45, 7) is 5.99. The fourth-order valence-electron chi connectivity index (χ4n) is 2.88. The van der Waals surface area contributed by atoms with E-state index in [1.165, 1.54) is 0 Å². The van der Waals surface area contributed by atoms with Crippen LogP contribution >= 0.6 is 0 Å². The number of nitrogens with zero attached hydrogens (tertiary/aromatic N) is 5. The minimum Gasteiger partial charge on any atom is -0.342 e. The van der Waals surface area contributed by atoms with E-state index >= 15 is 0 Å². The van der Waals surface area contributed by atoms with Crippen LogP contribution in [0.25, 0.3) is 5.82 Å². The molecule has 0 aliphatic rings. The van der Waals surface area contributed by atoms with Gasteiger partial charge in [0.15, 0.2) is 5.82 Å². The minimum absolute atomic E-state index is 0.119. The number of hydrogen-bond acceptors (Lipinski definition) is 4. The Kier molecular flexibility index (Phi) is 4.65. The van der Waals surface area contributed by atoms with E-state index in [9.17, 15) is 4.79 Å². The van der Waals surface area contributed by atoms with Gasteiger partial charge in [-0.3, -0.25) is 4.79 Å². The Morgan fingerprint density at radius 3 is 2.56 bits per heavy atom. The van der Waals surface area contributed by atoms with Gasteiger partial charge >= 0.3 is 0 Å². The summed E-state index contributed by atoms with van der Waals surface area (Å²) in [7, 11) is 1.91. The van der Waals surface area contributed by atoms with Crippen molar-refractivity contribution in [2.45, 2.75) is 32.7 Å². The number of amides is 1. The highest BCUT2D eigenvalue weighted by molar-refractivity contribution is 5.95. The van der Waals surface area contributed by atoms with Crippen LogP contribution in [-0.2, 0) is 7.05 Å². The molecule has 7 nitrogen and oxygen atoms in total. The van der Waals surface area contributed by atoms with E-state index in [2.05, 4.69) is 20.4 Å². The van der Waals surface area contributed by atoms with Crippen LogP contribution < -0.4 is 5.32 Å². The van der Waals surface area contributed by atoms with Crippen LogP contribution in [-0.4, -0.2) is 30.2 Å². The summed E-state index contributed by atoms with van der Waals surface area (Å²) in [5.74, 6) is 1.45. The summed E-state index contributed by atoms with van der Waals surface area (Å²) in [5, 5.41) is 7.39. The lowest BCUT2D eigenvalue weighted by Crippen LogP contribution is -2.29. The van der Waals surface area contributed by atoms with Crippen molar-refractivity contribution in [2.75, 3.05) is 0 Å². The van der Waals surface area contributed by atoms with E-state index < -0.39 is 0 Å². The van der Waals surface area contributed by atoms with Gasteiger partial charge in [-0.2, -0.15) is 5.10 Å². The first-order valence-electron chi connectivity index (χ1n) is 8.26. The van der Waals surface area contributed by atoms with E-state index in [1.807, 2.05) is 56.8 Å². The Labute approximate surface area is 146 Å². The molecule has 3 aromatic rings. The van der Waals surface area contributed by atoms with Gasteiger partial charge in [-0.1, -0.05) is 19.9 Å². The number of hydrogen-bond donors (Lipinski definition) is 1. The summed E-state index contributed by atoms with van der Waals surface area (Å²) in [5.41, 5.74) is 1.39. The number of carbonyl (C=O) groups excluding carboxylic acids is 1. The fourth-order valence-corrected chi connectivity index (χ4v) is 2.88. The molecule has 1 unspecified atom stereocenters. The lowest BCUT2D eigenvalue weighted by Gasteiger charge is -2.15. The monoisotopic (exact) mass is 338 g/mol. The third kappa shape index (κ3) is 3.31. The highest BCUT2D eigenvalue weighted by atomic mass is 16.1. The van der Waals surface area contributed by atoms with E-state index in [1.54, 1.807) is 23.3 Å². The number of imidazole rings is 1. The predicted octanol–water partition coefficient (Wildman–Crippen LogP) is 2.62. The second-order valence-electron chi connectivity index (χ2n) is 6.29. The van der Waals surface area contributed by atoms with Crippen LogP contribution in [0.3, 0.4) is 0 Å². The smallest absolute Gasteiger partial charge is 0.255 e. The second kappa shape index (κ2) is 6.88. The summed E-state index contributed by atoms with van der Waals surface area (Å²) >= 11 is 0. The van der Waals surface area contributed by atoms with Crippen molar-refractivity contribution in [3.63, 3.8) is 0 Å². The SMILES string of the molecule is CC(C)c1c(C(=O)NC(C)c2nccn2C)cnn1-c1ccccn1. The molecule has 130 valence electrons. The van der Waals surface area contributed by atoms with Crippen LogP contribution in [0.15, 0.2) is 43.0 Å². The van der Waals surface area contributed by atoms with Crippen LogP contribution in [0.2, 0.25) is 0 Å². The van der Waals surface area contributed by atoms with Gasteiger partial charge in [0, 0.05) is 25.6 Å². The lowest BCUT2D eigenvalue weighted by molar-refractivity contribution is 0.0936. The number of aromatic nitrogens is 5. The number of pyridine rings is 1. The number of aryl methyl sites for hydroxylation is 1. The van der Waals surface area contributed by atoms with E-state index in [-0.39, 0.29) is 17.9 Å². The zero-order chi connectivity index (χ0) is 18.0. The van der Waals surface area contributed by atoms with Crippen molar-refractivity contribution < 1.29 is 4.79 Å². The van der Waals surface area contributed by atoms with Crippen LogP contribution in [0, 0.1) is 0 Å². The molecule has 1 amide bonds. The Hall–Kier alpha value is -2.96. The van der Waals surface area contributed by atoms with Crippen molar-refractivity contribution in [3.05, 3.63) is 60.1 Å². The molecule has 0 radical (unpaired) electrons. The van der Waals surface area contributed by atoms with Gasteiger partial charge in [-0.25, -0.2) is 14.6 Å². The Morgan fingerprint density at radius 1 is 1.16 bits per heavy atom. The van der Waals surface area contributed by atoms with Crippen molar-refractivity contribution in [3.8, 4) is 5.82 Å². The second-order valence-corrected chi connectivity index (χ2v) is 6.29. The zero-order valence-corrected chi connectivity index (χ0v) is 14.8. The number of nitrogens with one attached hydrogen (secondary N) is 1. The lowest BCUT2D eigenvalue weighted by atomic mass is 10.0. The Bertz CT molecular complexity index is 865. The molecule has 0 spiro atoms. The number of carbonyl (C=O) groups is 1. The van der Waals surface area contributed by atoms with Crippen molar-refractivity contribution in [2.24, 2.45) is 7.05 Å². The average molecular weight is 338 g/mol. The van der Waals surface area contributed by atoms with E-state index in [0.717, 1.165) is 11.5 Å². The largest absolute Gasteiger partial charge is 0.342 e. The maximum Gasteiger partial charge on any atom is 0.255 e. The highest BCUT2D eigenvalue weighted by Gasteiger charge is 2.23. The molecule has 0 aromatic carbocycles. The van der Waals surface area contributed by atoms with Gasteiger partial charge in [-0.15, -0.1) is 0 Å². The Morgan fingerprint density at radius 2 is 1.96 bits per heavy atom. The number of rotatable bonds is 5. The summed E-state index contributed by atoms with van der Waals surface area (Å²) in [6, 6.07) is 5.42. The van der Waals surface area contributed by atoms with Crippen molar-refractivity contribution >= 4 is 5.91 Å². The molecule has 0 saturated heterocycles. The van der Waals surface area contributed by atoms with Gasteiger partial charge in [0.05, 0.1) is 23.5 Å². The first-order valence-corrected chi connectivity index (χ1v) is 8.26. The third-order valence-electron chi connectivity index (χ3n) is 4.06. The molecule has 1 atom stereocenters. The first kappa shape index (κ1) is 16.9. The topological polar surface area (TPSA) is 77.6 Å². The maximum absolute atomic E-state index is 12.8. The molecule has 25 heavy (non-hydrogen) atoms. The standard InChI is InChI=1S/C18H22N6O/c1-12(2)16-14(11-21-24(16)15-7-5-6-8-19-15)18(25)22-13(3)17-20-9-10-23(17)4/h5-13H,1-4H3,(H,22,25). The van der Waals surface area contributed by atoms with Crippen LogP contribution in [0.1, 0.15) is 54.6 Å². The Balaban J connectivity index is 1.91. The first-order chi connectivity index (χ1) is 12.0. The van der Waals surface area contributed by atoms with Gasteiger partial charge in [0.25, 0.3) is 5.91 Å². The third-order valence-corrected chi connectivity index (χ3v) is 4.06. The molecule has 7 heteroatoms. The highest BCUT2D eigenvalue weighted by Crippen LogP contribution is 2.23. The predicted molar refractivity (Wildman–Crippen MR) is 94.5 cm³/mol. The summed E-state index contributed by atoms with van der Waals surface area (Å²) in [6.07, 6.45) is 6.89. The minimum atomic E-state index is -0.203. The normalized spacial score (nSPS) is 12.4. The van der Waals surface area contributed by atoms with Gasteiger partial charge in [0.1, 0.15) is 5.82 Å². The van der Waals surface area contributed by atoms with E-state index in [4.69, 9.17) is 0 Å². The van der Waals surface area contributed by atoms with Gasteiger partial charge in [0.2, 0.25) is 0 Å². The molecule has 3 rings (SSSR count). The molecule has 0 fully saturated rings. The average Bonchev–Trinajstić information content (AvgIpc) is 3.21. The molecule has 3 heterocycles. The van der Waals surface area contributed by atoms with E-state index in [0.29, 0.717) is 11.4 Å². The molecule has 1 N–H and O–H groups in total. The molecule has 0 saturated carbocycles. The van der Waals surface area contributed by atoms with Crippen LogP contribution in [0.5, 0.6) is 0 Å². The maximum atomic E-state index is 12.8. The molecular formula is C18H22N6O. The van der Waals surface area contributed by atoms with Gasteiger partial charge in [-0.05, 0) is 25.0 Å². The fraction of sp³-hybridized carbons (Fsp3) is 0.333.